The zero-order valence-corrected chi connectivity index (χ0v) is 20.9. The fourth-order valence-electron chi connectivity index (χ4n) is 3.10. The van der Waals surface area contributed by atoms with Crippen molar-refractivity contribution >= 4 is 49.8 Å². The molecule has 1 heterocycles. The van der Waals surface area contributed by atoms with Gasteiger partial charge >= 0.3 is 0 Å². The molecule has 1 amide bonds. The van der Waals surface area contributed by atoms with Crippen LogP contribution in [0.2, 0.25) is 0 Å². The Morgan fingerprint density at radius 2 is 1.75 bits per heavy atom. The molecule has 0 spiro atoms. The maximum atomic E-state index is 12.5. The largest absolute Gasteiger partial charge is 0.296 e. The van der Waals surface area contributed by atoms with Gasteiger partial charge in [-0.3, -0.25) is 14.4 Å². The van der Waals surface area contributed by atoms with Crippen molar-refractivity contribution in [2.75, 3.05) is 21.6 Å². The van der Waals surface area contributed by atoms with Gasteiger partial charge < -0.3 is 0 Å². The average molecular weight is 491 g/mol. The molecule has 7 nitrogen and oxygen atoms in total. The minimum atomic E-state index is -3.48. The highest BCUT2D eigenvalue weighted by molar-refractivity contribution is 8.01. The van der Waals surface area contributed by atoms with E-state index < -0.39 is 10.0 Å². The van der Waals surface area contributed by atoms with Gasteiger partial charge in [-0.25, -0.2) is 8.42 Å². The van der Waals surface area contributed by atoms with Gasteiger partial charge in [0.15, 0.2) is 4.34 Å². The third-order valence-electron chi connectivity index (χ3n) is 4.49. The molecule has 0 aliphatic rings. The van der Waals surface area contributed by atoms with Crippen LogP contribution in [0, 0.1) is 13.8 Å². The highest BCUT2D eigenvalue weighted by atomic mass is 32.2. The Morgan fingerprint density at radius 3 is 2.34 bits per heavy atom. The Labute approximate surface area is 197 Å². The lowest BCUT2D eigenvalue weighted by Crippen LogP contribution is -2.29. The third-order valence-corrected chi connectivity index (χ3v) is 7.81. The molecule has 0 fully saturated rings. The van der Waals surface area contributed by atoms with Crippen LogP contribution in [0.15, 0.2) is 46.8 Å². The number of aromatic nitrogens is 2. The number of hydrogen-bond donors (Lipinski definition) is 1. The van der Waals surface area contributed by atoms with Crippen LogP contribution < -0.4 is 9.62 Å². The highest BCUT2D eigenvalue weighted by Crippen LogP contribution is 2.26. The molecule has 2 aromatic carbocycles. The molecule has 32 heavy (non-hydrogen) atoms. The van der Waals surface area contributed by atoms with Gasteiger partial charge in [-0.05, 0) is 61.2 Å². The summed E-state index contributed by atoms with van der Waals surface area (Å²) in [6, 6.07) is 12.6. The van der Waals surface area contributed by atoms with E-state index in [2.05, 4.69) is 22.4 Å². The summed E-state index contributed by atoms with van der Waals surface area (Å²) in [7, 11) is -3.48. The van der Waals surface area contributed by atoms with Gasteiger partial charge in [-0.15, -0.1) is 10.2 Å². The fraction of sp³-hybridized carbons (Fsp3) is 0.318. The number of hydrogen-bond acceptors (Lipinski definition) is 7. The van der Waals surface area contributed by atoms with Crippen molar-refractivity contribution in [3.05, 3.63) is 64.7 Å². The van der Waals surface area contributed by atoms with E-state index in [1.54, 1.807) is 36.0 Å². The second-order valence-electron chi connectivity index (χ2n) is 7.49. The Balaban J connectivity index is 1.72. The second-order valence-corrected chi connectivity index (χ2v) is 11.7. The van der Waals surface area contributed by atoms with E-state index in [-0.39, 0.29) is 12.5 Å². The first-order valence-corrected chi connectivity index (χ1v) is 13.7. The number of carbonyl (C=O) groups is 1. The lowest BCUT2D eigenvalue weighted by Gasteiger charge is -2.23. The number of amides is 1. The number of thioether (sulfide) groups is 1. The zero-order valence-electron chi connectivity index (χ0n) is 18.5. The smallest absolute Gasteiger partial charge is 0.257 e. The van der Waals surface area contributed by atoms with Crippen LogP contribution in [0.5, 0.6) is 0 Å². The summed E-state index contributed by atoms with van der Waals surface area (Å²) in [4.78, 5) is 12.5. The SMILES string of the molecule is CCCSc1nnc(NC(=O)c2ccc(CN(c3cc(C)cc(C)c3)S(C)(=O)=O)cc2)s1. The first-order chi connectivity index (χ1) is 15.2. The molecule has 3 rings (SSSR count). The molecule has 1 aromatic heterocycles. The van der Waals surface area contributed by atoms with Gasteiger partial charge in [0.05, 0.1) is 18.5 Å². The maximum Gasteiger partial charge on any atom is 0.257 e. The summed E-state index contributed by atoms with van der Waals surface area (Å²) >= 11 is 2.96. The van der Waals surface area contributed by atoms with E-state index in [9.17, 15) is 13.2 Å². The molecule has 0 aliphatic heterocycles. The molecule has 0 saturated heterocycles. The molecular formula is C22H26N4O3S3. The van der Waals surface area contributed by atoms with Crippen molar-refractivity contribution in [3.8, 4) is 0 Å². The number of nitrogens with one attached hydrogen (secondary N) is 1. The highest BCUT2D eigenvalue weighted by Gasteiger charge is 2.19. The topological polar surface area (TPSA) is 92.3 Å². The average Bonchev–Trinajstić information content (AvgIpc) is 3.16. The Morgan fingerprint density at radius 1 is 1.09 bits per heavy atom. The molecule has 0 aliphatic carbocycles. The van der Waals surface area contributed by atoms with Crippen molar-refractivity contribution in [3.63, 3.8) is 0 Å². The van der Waals surface area contributed by atoms with Crippen LogP contribution in [-0.2, 0) is 16.6 Å². The van der Waals surface area contributed by atoms with Crippen LogP contribution in [0.3, 0.4) is 0 Å². The van der Waals surface area contributed by atoms with Crippen LogP contribution in [0.1, 0.15) is 40.4 Å². The van der Waals surface area contributed by atoms with Gasteiger partial charge in [0.25, 0.3) is 5.91 Å². The molecule has 0 saturated carbocycles. The summed E-state index contributed by atoms with van der Waals surface area (Å²) in [5.41, 5.74) is 3.85. The van der Waals surface area contributed by atoms with E-state index >= 15 is 0 Å². The number of sulfonamides is 1. The summed E-state index contributed by atoms with van der Waals surface area (Å²) in [6.07, 6.45) is 2.24. The minimum Gasteiger partial charge on any atom is -0.296 e. The fourth-order valence-corrected chi connectivity index (χ4v) is 5.64. The minimum absolute atomic E-state index is 0.179. The second kappa shape index (κ2) is 10.5. The van der Waals surface area contributed by atoms with Crippen LogP contribution >= 0.6 is 23.1 Å². The van der Waals surface area contributed by atoms with Crippen molar-refractivity contribution < 1.29 is 13.2 Å². The van der Waals surface area contributed by atoms with E-state index in [4.69, 9.17) is 0 Å². The van der Waals surface area contributed by atoms with Crippen molar-refractivity contribution in [1.82, 2.24) is 10.2 Å². The van der Waals surface area contributed by atoms with Gasteiger partial charge in [-0.2, -0.15) is 0 Å². The number of rotatable bonds is 9. The molecule has 0 bridgehead atoms. The molecule has 1 N–H and O–H groups in total. The third kappa shape index (κ3) is 6.54. The first-order valence-electron chi connectivity index (χ1n) is 10.1. The summed E-state index contributed by atoms with van der Waals surface area (Å²) in [6.45, 7) is 6.15. The van der Waals surface area contributed by atoms with Crippen molar-refractivity contribution in [2.24, 2.45) is 0 Å². The van der Waals surface area contributed by atoms with Crippen LogP contribution in [0.4, 0.5) is 10.8 Å². The summed E-state index contributed by atoms with van der Waals surface area (Å²) in [5.74, 6) is 0.672. The van der Waals surface area contributed by atoms with Gasteiger partial charge in [0.2, 0.25) is 15.2 Å². The monoisotopic (exact) mass is 490 g/mol. The number of nitrogens with zero attached hydrogens (tertiary/aromatic N) is 3. The zero-order chi connectivity index (χ0) is 23.3. The van der Waals surface area contributed by atoms with Crippen LogP contribution in [0.25, 0.3) is 0 Å². The summed E-state index contributed by atoms with van der Waals surface area (Å²) < 4.78 is 27.1. The quantitative estimate of drug-likeness (QED) is 0.340. The predicted octanol–water partition coefficient (Wildman–Crippen LogP) is 4.88. The Hall–Kier alpha value is -2.43. The molecule has 0 unspecified atom stereocenters. The lowest BCUT2D eigenvalue weighted by atomic mass is 10.1. The van der Waals surface area contributed by atoms with Crippen molar-refractivity contribution in [2.45, 2.75) is 38.1 Å². The van der Waals surface area contributed by atoms with Gasteiger partial charge in [-0.1, -0.05) is 48.2 Å². The first kappa shape index (κ1) is 24.2. The number of benzene rings is 2. The molecule has 3 aromatic rings. The van der Waals surface area contributed by atoms with Crippen LogP contribution in [-0.4, -0.2) is 36.5 Å². The number of carbonyl (C=O) groups excluding carboxylic acids is 1. The standard InChI is InChI=1S/C22H26N4O3S3/c1-5-10-30-22-25-24-21(31-22)23-20(27)18-8-6-17(7-9-18)14-26(32(4,28)29)19-12-15(2)11-16(3)13-19/h6-9,11-13H,5,10,14H2,1-4H3,(H,23,24,27). The number of anilines is 2. The molecule has 170 valence electrons. The van der Waals surface area contributed by atoms with E-state index in [1.165, 1.54) is 21.9 Å². The lowest BCUT2D eigenvalue weighted by molar-refractivity contribution is 0.102. The van der Waals surface area contributed by atoms with Gasteiger partial charge in [0, 0.05) is 11.3 Å². The predicted molar refractivity (Wildman–Crippen MR) is 132 cm³/mol. The molecule has 0 radical (unpaired) electrons. The van der Waals surface area contributed by atoms with Crippen molar-refractivity contribution in [1.29, 1.82) is 0 Å². The normalized spacial score (nSPS) is 11.4. The number of aryl methyl sites for hydroxylation is 2. The van der Waals surface area contributed by atoms with E-state index in [0.717, 1.165) is 33.2 Å². The maximum absolute atomic E-state index is 12.5. The molecular weight excluding hydrogens is 464 g/mol. The molecule has 10 heteroatoms. The Kier molecular flexibility index (Phi) is 7.91. The van der Waals surface area contributed by atoms with Gasteiger partial charge in [0.1, 0.15) is 0 Å². The van der Waals surface area contributed by atoms with E-state index in [1.807, 2.05) is 32.0 Å². The Bertz CT molecular complexity index is 1170. The van der Waals surface area contributed by atoms with E-state index in [0.29, 0.717) is 16.4 Å². The summed E-state index contributed by atoms with van der Waals surface area (Å²) in [5, 5.41) is 11.3. The molecule has 0 atom stereocenters.